The maximum atomic E-state index is 12.7. The van der Waals surface area contributed by atoms with Crippen molar-refractivity contribution in [3.63, 3.8) is 0 Å². The summed E-state index contributed by atoms with van der Waals surface area (Å²) in [5.74, 6) is 5.26. The summed E-state index contributed by atoms with van der Waals surface area (Å²) < 4.78 is 6.45. The second-order valence-electron chi connectivity index (χ2n) is 6.70. The van der Waals surface area contributed by atoms with Crippen molar-refractivity contribution in [2.75, 3.05) is 13.1 Å². The third kappa shape index (κ3) is 5.25. The van der Waals surface area contributed by atoms with E-state index in [4.69, 9.17) is 4.74 Å². The minimum absolute atomic E-state index is 0. The zero-order valence-corrected chi connectivity index (χ0v) is 17.5. The van der Waals surface area contributed by atoms with Gasteiger partial charge in [0.15, 0.2) is 0 Å². The van der Waals surface area contributed by atoms with Crippen molar-refractivity contribution < 1.29 is 14.6 Å². The first kappa shape index (κ1) is 23.5. The van der Waals surface area contributed by atoms with E-state index in [9.17, 15) is 9.90 Å². The number of likely N-dealkylation sites (N-methyl/N-ethyl adjacent to an activating group) is 1. The molecule has 150 valence electrons. The molecule has 4 nitrogen and oxygen atoms in total. The van der Waals surface area contributed by atoms with Gasteiger partial charge in [-0.2, -0.15) is 0 Å². The molecular formula is C22H32ClNO3. The van der Waals surface area contributed by atoms with Gasteiger partial charge in [0.05, 0.1) is 6.10 Å². The molecule has 0 saturated heterocycles. The molecule has 1 saturated carbocycles. The minimum Gasteiger partial charge on any atom is -0.478 e. The number of carboxylic acids is 1. The number of aliphatic carboxylic acids is 1. The molecule has 1 fully saturated rings. The molecule has 1 N–H and O–H groups in total. The number of carbonyl (C=O) groups is 1. The molecule has 1 aromatic rings. The third-order valence-electron chi connectivity index (χ3n) is 5.08. The lowest BCUT2D eigenvalue weighted by molar-refractivity contribution is -0.220. The van der Waals surface area contributed by atoms with E-state index in [1.165, 1.54) is 6.42 Å². The number of benzene rings is 1. The van der Waals surface area contributed by atoms with Gasteiger partial charge in [0, 0.05) is 17.5 Å². The van der Waals surface area contributed by atoms with Crippen molar-refractivity contribution in [1.82, 2.24) is 4.90 Å². The van der Waals surface area contributed by atoms with E-state index in [1.54, 1.807) is 0 Å². The third-order valence-corrected chi connectivity index (χ3v) is 5.08. The second kappa shape index (κ2) is 11.3. The molecule has 0 aromatic heterocycles. The van der Waals surface area contributed by atoms with Crippen molar-refractivity contribution in [2.45, 2.75) is 71.1 Å². The van der Waals surface area contributed by atoms with Gasteiger partial charge < -0.3 is 9.84 Å². The molecule has 5 heteroatoms. The van der Waals surface area contributed by atoms with Gasteiger partial charge in [0.1, 0.15) is 0 Å². The largest absolute Gasteiger partial charge is 0.478 e. The van der Waals surface area contributed by atoms with Crippen molar-refractivity contribution in [3.05, 3.63) is 35.4 Å². The highest BCUT2D eigenvalue weighted by Crippen LogP contribution is 2.37. The minimum atomic E-state index is -1.50. The first-order valence-electron chi connectivity index (χ1n) is 9.84. The van der Waals surface area contributed by atoms with Gasteiger partial charge in [-0.05, 0) is 32.0 Å². The van der Waals surface area contributed by atoms with E-state index in [1.807, 2.05) is 49.9 Å². The molecule has 2 rings (SSSR count). The summed E-state index contributed by atoms with van der Waals surface area (Å²) >= 11 is 0. The Kier molecular flexibility index (Phi) is 9.87. The normalized spacial score (nSPS) is 16.7. The summed E-state index contributed by atoms with van der Waals surface area (Å²) in [7, 11) is 0. The first-order chi connectivity index (χ1) is 12.6. The zero-order chi connectivity index (χ0) is 19.0. The number of ether oxygens (including phenoxy) is 1. The average molecular weight is 394 g/mol. The topological polar surface area (TPSA) is 49.8 Å². The van der Waals surface area contributed by atoms with Gasteiger partial charge in [-0.15, -0.1) is 12.4 Å². The second-order valence-corrected chi connectivity index (χ2v) is 6.70. The highest BCUT2D eigenvalue weighted by Gasteiger charge is 2.49. The zero-order valence-electron chi connectivity index (χ0n) is 16.7. The maximum absolute atomic E-state index is 12.7. The monoisotopic (exact) mass is 393 g/mol. The summed E-state index contributed by atoms with van der Waals surface area (Å²) in [6.07, 6.45) is 5.91. The standard InChI is InChI=1S/C22H31NO3.ClH/c1-4-7-13-18-14-11-12-17-20(18)22(21(24)25,23(5-2)6-3)26-19-15-9-8-10-16-19;/h11-12,14,17,19H,4-6,8-10,15-16H2,1-3H3,(H,24,25);1H. The molecule has 1 aliphatic carbocycles. The fraction of sp³-hybridized carbons (Fsp3) is 0.591. The van der Waals surface area contributed by atoms with Crippen molar-refractivity contribution in [3.8, 4) is 11.8 Å². The van der Waals surface area contributed by atoms with E-state index in [-0.39, 0.29) is 18.5 Å². The van der Waals surface area contributed by atoms with Crippen LogP contribution >= 0.6 is 12.4 Å². The first-order valence-corrected chi connectivity index (χ1v) is 9.84. The SMILES string of the molecule is CCC#Cc1ccccc1C(OC1CCCCC1)(C(=O)O)N(CC)CC.Cl. The summed E-state index contributed by atoms with van der Waals surface area (Å²) in [6.45, 7) is 7.12. The van der Waals surface area contributed by atoms with E-state index >= 15 is 0 Å². The molecule has 0 aliphatic heterocycles. The lowest BCUT2D eigenvalue weighted by atomic mass is 9.92. The Labute approximate surface area is 169 Å². The predicted octanol–water partition coefficient (Wildman–Crippen LogP) is 4.80. The molecule has 27 heavy (non-hydrogen) atoms. The number of carboxylic acid groups (broad SMARTS) is 1. The van der Waals surface area contributed by atoms with Crippen LogP contribution in [0.2, 0.25) is 0 Å². The Bertz CT molecular complexity index is 657. The highest BCUT2D eigenvalue weighted by atomic mass is 35.5. The lowest BCUT2D eigenvalue weighted by Crippen LogP contribution is -2.56. The van der Waals surface area contributed by atoms with Crippen LogP contribution in [-0.2, 0) is 15.3 Å². The van der Waals surface area contributed by atoms with Gasteiger partial charge in [-0.3, -0.25) is 4.90 Å². The van der Waals surface area contributed by atoms with Crippen LogP contribution in [0.25, 0.3) is 0 Å². The van der Waals surface area contributed by atoms with Crippen LogP contribution in [-0.4, -0.2) is 35.2 Å². The fourth-order valence-electron chi connectivity index (χ4n) is 3.77. The van der Waals surface area contributed by atoms with Gasteiger partial charge in [-0.25, -0.2) is 4.79 Å². The van der Waals surface area contributed by atoms with Gasteiger partial charge in [0.2, 0.25) is 5.72 Å². The summed E-state index contributed by atoms with van der Waals surface area (Å²) in [4.78, 5) is 14.6. The van der Waals surface area contributed by atoms with Gasteiger partial charge in [-0.1, -0.05) is 70.1 Å². The van der Waals surface area contributed by atoms with E-state index < -0.39 is 11.7 Å². The molecule has 1 unspecified atom stereocenters. The molecule has 0 spiro atoms. The van der Waals surface area contributed by atoms with Crippen LogP contribution in [0.3, 0.4) is 0 Å². The number of rotatable bonds is 7. The Morgan fingerprint density at radius 2 is 1.81 bits per heavy atom. The van der Waals surface area contributed by atoms with Crippen LogP contribution < -0.4 is 0 Å². The van der Waals surface area contributed by atoms with Crippen molar-refractivity contribution in [1.29, 1.82) is 0 Å². The Morgan fingerprint density at radius 1 is 1.19 bits per heavy atom. The Hall–Kier alpha value is -1.54. The Morgan fingerprint density at radius 3 is 2.37 bits per heavy atom. The maximum Gasteiger partial charge on any atom is 0.356 e. The molecule has 1 aromatic carbocycles. The summed E-state index contributed by atoms with van der Waals surface area (Å²) in [5, 5.41) is 10.4. The molecule has 1 atom stereocenters. The quantitative estimate of drug-likeness (QED) is 0.534. The molecule has 0 heterocycles. The summed E-state index contributed by atoms with van der Waals surface area (Å²) in [6, 6.07) is 7.52. The molecule has 0 radical (unpaired) electrons. The van der Waals surface area contributed by atoms with E-state index in [0.717, 1.165) is 37.7 Å². The van der Waals surface area contributed by atoms with E-state index in [0.29, 0.717) is 18.7 Å². The lowest BCUT2D eigenvalue weighted by Gasteiger charge is -2.43. The molecule has 0 amide bonds. The number of hydrogen-bond acceptors (Lipinski definition) is 3. The predicted molar refractivity (Wildman–Crippen MR) is 111 cm³/mol. The van der Waals surface area contributed by atoms with Crippen LogP contribution in [0.1, 0.15) is 70.4 Å². The van der Waals surface area contributed by atoms with Crippen LogP contribution in [0.5, 0.6) is 0 Å². The highest BCUT2D eigenvalue weighted by molar-refractivity contribution is 5.85. The van der Waals surface area contributed by atoms with Gasteiger partial charge >= 0.3 is 5.97 Å². The van der Waals surface area contributed by atoms with Crippen molar-refractivity contribution in [2.24, 2.45) is 0 Å². The van der Waals surface area contributed by atoms with E-state index in [2.05, 4.69) is 11.8 Å². The number of nitrogens with zero attached hydrogens (tertiary/aromatic N) is 1. The average Bonchev–Trinajstić information content (AvgIpc) is 2.67. The smallest absolute Gasteiger partial charge is 0.356 e. The van der Waals surface area contributed by atoms with Crippen LogP contribution in [0, 0.1) is 11.8 Å². The number of hydrogen-bond donors (Lipinski definition) is 1. The summed E-state index contributed by atoms with van der Waals surface area (Å²) in [5.41, 5.74) is -0.118. The fourth-order valence-corrected chi connectivity index (χ4v) is 3.77. The number of halogens is 1. The molecule has 0 bridgehead atoms. The van der Waals surface area contributed by atoms with Gasteiger partial charge in [0.25, 0.3) is 0 Å². The molecule has 1 aliphatic rings. The van der Waals surface area contributed by atoms with Crippen molar-refractivity contribution >= 4 is 18.4 Å². The van der Waals surface area contributed by atoms with Crippen LogP contribution in [0.4, 0.5) is 0 Å². The van der Waals surface area contributed by atoms with Crippen LogP contribution in [0.15, 0.2) is 24.3 Å². The Balaban J connectivity index is 0.00000364. The molecular weight excluding hydrogens is 362 g/mol.